The Morgan fingerprint density at radius 2 is 1.82 bits per heavy atom. The fraction of sp³-hybridized carbons (Fsp3) is 0.429. The van der Waals surface area contributed by atoms with Gasteiger partial charge in [-0.15, -0.1) is 0 Å². The summed E-state index contributed by atoms with van der Waals surface area (Å²) in [5.41, 5.74) is -0.0461. The second-order valence-corrected chi connectivity index (χ2v) is 5.02. The molecule has 1 aromatic rings. The summed E-state index contributed by atoms with van der Waals surface area (Å²) in [7, 11) is 2.84. The lowest BCUT2D eigenvalue weighted by molar-refractivity contribution is -0.235. The minimum atomic E-state index is -1.45. The zero-order valence-corrected chi connectivity index (χ0v) is 12.6. The van der Waals surface area contributed by atoms with E-state index in [0.717, 1.165) is 0 Å². The number of pyridine rings is 1. The molecule has 0 bridgehead atoms. The molecule has 118 valence electrons. The summed E-state index contributed by atoms with van der Waals surface area (Å²) < 4.78 is 20.1. The second-order valence-electron chi connectivity index (χ2n) is 5.02. The van der Waals surface area contributed by atoms with Gasteiger partial charge >= 0.3 is 11.9 Å². The summed E-state index contributed by atoms with van der Waals surface area (Å²) in [6, 6.07) is 1.45. The first-order valence-electron chi connectivity index (χ1n) is 6.41. The topological polar surface area (TPSA) is 108 Å². The lowest BCUT2D eigenvalue weighted by Gasteiger charge is -2.33. The molecule has 0 aliphatic carbocycles. The Balaban J connectivity index is 2.32. The summed E-state index contributed by atoms with van der Waals surface area (Å²) in [5, 5.41) is 8.08. The number of methoxy groups -OCH3 is 2. The molecule has 8 heteroatoms. The minimum absolute atomic E-state index is 0.231. The van der Waals surface area contributed by atoms with Gasteiger partial charge in [-0.1, -0.05) is 0 Å². The highest BCUT2D eigenvalue weighted by Gasteiger charge is 2.46. The molecule has 8 nitrogen and oxygen atoms in total. The van der Waals surface area contributed by atoms with Gasteiger partial charge in [0.2, 0.25) is 0 Å². The quantitative estimate of drug-likeness (QED) is 0.500. The molecular formula is C14H16N2O6. The predicted molar refractivity (Wildman–Crippen MR) is 73.9 cm³/mol. The molecule has 2 rings (SSSR count). The molecular weight excluding hydrogens is 292 g/mol. The van der Waals surface area contributed by atoms with E-state index < -0.39 is 23.6 Å². The maximum absolute atomic E-state index is 12.0. The molecule has 1 aromatic heterocycles. The van der Waals surface area contributed by atoms with Gasteiger partial charge in [-0.3, -0.25) is 9.59 Å². The zero-order valence-electron chi connectivity index (χ0n) is 12.6. The van der Waals surface area contributed by atoms with Crippen molar-refractivity contribution in [2.45, 2.75) is 19.6 Å². The average molecular weight is 308 g/mol. The molecule has 0 amide bonds. The maximum Gasteiger partial charge on any atom is 0.329 e. The molecule has 22 heavy (non-hydrogen) atoms. The van der Waals surface area contributed by atoms with E-state index in [0.29, 0.717) is 0 Å². The Kier molecular flexibility index (Phi) is 4.03. The summed E-state index contributed by atoms with van der Waals surface area (Å²) in [6.45, 7) is 2.89. The Morgan fingerprint density at radius 3 is 2.32 bits per heavy atom. The Hall–Kier alpha value is -2.64. The van der Waals surface area contributed by atoms with Crippen LogP contribution in [0.1, 0.15) is 19.4 Å². The van der Waals surface area contributed by atoms with E-state index in [1.807, 2.05) is 0 Å². The van der Waals surface area contributed by atoms with E-state index in [4.69, 9.17) is 24.4 Å². The largest absolute Gasteiger partial charge is 0.491 e. The molecule has 0 unspecified atom stereocenters. The summed E-state index contributed by atoms with van der Waals surface area (Å²) in [5.74, 6) is -3.94. The van der Waals surface area contributed by atoms with Crippen molar-refractivity contribution in [1.82, 2.24) is 4.98 Å². The van der Waals surface area contributed by atoms with Crippen LogP contribution in [0.3, 0.4) is 0 Å². The van der Waals surface area contributed by atoms with E-state index in [2.05, 4.69) is 4.98 Å². The van der Waals surface area contributed by atoms with Gasteiger partial charge in [0.25, 0.3) is 11.7 Å². The molecule has 1 aliphatic rings. The van der Waals surface area contributed by atoms with Crippen LogP contribution in [0.25, 0.3) is 0 Å². The van der Waals surface area contributed by atoms with Crippen LogP contribution in [-0.2, 0) is 19.1 Å². The van der Waals surface area contributed by atoms with E-state index >= 15 is 0 Å². The molecule has 0 atom stereocenters. The minimum Gasteiger partial charge on any atom is -0.491 e. The van der Waals surface area contributed by atoms with E-state index in [1.54, 1.807) is 0 Å². The molecule has 1 fully saturated rings. The van der Waals surface area contributed by atoms with E-state index in [1.165, 1.54) is 40.3 Å². The Morgan fingerprint density at radius 1 is 1.23 bits per heavy atom. The van der Waals surface area contributed by atoms with Crippen LogP contribution in [0.2, 0.25) is 0 Å². The standard InChI is InChI=1S/C14H16N2O6/c1-14(2)21-12(17)9(13(18)22-14)10(15)7-5-8(19-3)11(20-4)16-6-7/h5-6,9,15H,1-4H3. The third-order valence-electron chi connectivity index (χ3n) is 3.00. The van der Waals surface area contributed by atoms with Crippen molar-refractivity contribution in [3.05, 3.63) is 17.8 Å². The molecule has 0 spiro atoms. The van der Waals surface area contributed by atoms with Gasteiger partial charge in [0.1, 0.15) is 0 Å². The van der Waals surface area contributed by atoms with E-state index in [9.17, 15) is 9.59 Å². The highest BCUT2D eigenvalue weighted by atomic mass is 16.7. The summed E-state index contributed by atoms with van der Waals surface area (Å²) in [4.78, 5) is 27.9. The monoisotopic (exact) mass is 308 g/mol. The van der Waals surface area contributed by atoms with E-state index in [-0.39, 0.29) is 22.9 Å². The lowest BCUT2D eigenvalue weighted by atomic mass is 9.96. The molecule has 1 N–H and O–H groups in total. The first-order valence-corrected chi connectivity index (χ1v) is 6.41. The van der Waals surface area contributed by atoms with Gasteiger partial charge in [-0.2, -0.15) is 0 Å². The number of carbonyl (C=O) groups excluding carboxylic acids is 2. The zero-order chi connectivity index (χ0) is 16.5. The average Bonchev–Trinajstić information content (AvgIpc) is 2.44. The number of ether oxygens (including phenoxy) is 4. The molecule has 0 radical (unpaired) electrons. The van der Waals surface area contributed by atoms with Crippen LogP contribution >= 0.6 is 0 Å². The molecule has 2 heterocycles. The van der Waals surface area contributed by atoms with Gasteiger partial charge < -0.3 is 24.4 Å². The highest BCUT2D eigenvalue weighted by Crippen LogP contribution is 2.29. The number of carbonyl (C=O) groups is 2. The number of aromatic nitrogens is 1. The first kappa shape index (κ1) is 15.7. The summed E-state index contributed by atoms with van der Waals surface area (Å²) >= 11 is 0. The van der Waals surface area contributed by atoms with Gasteiger partial charge in [-0.05, 0) is 6.07 Å². The highest BCUT2D eigenvalue weighted by molar-refractivity contribution is 6.22. The number of rotatable bonds is 4. The second kappa shape index (κ2) is 5.63. The SMILES string of the molecule is COc1cc(C(=N)C2C(=O)OC(C)(C)OC2=O)cnc1OC. The smallest absolute Gasteiger partial charge is 0.329 e. The predicted octanol–water partition coefficient (Wildman–Crippen LogP) is 0.919. The van der Waals surface area contributed by atoms with Crippen LogP contribution in [0.4, 0.5) is 0 Å². The third-order valence-corrected chi connectivity index (χ3v) is 3.00. The number of hydrogen-bond acceptors (Lipinski definition) is 8. The van der Waals surface area contributed by atoms with Crippen molar-refractivity contribution in [1.29, 1.82) is 5.41 Å². The van der Waals surface area contributed by atoms with Crippen molar-refractivity contribution in [3.8, 4) is 11.6 Å². The maximum atomic E-state index is 12.0. The Bertz CT molecular complexity index is 620. The molecule has 1 saturated heterocycles. The van der Waals surface area contributed by atoms with Crippen LogP contribution < -0.4 is 9.47 Å². The Labute approximate surface area is 126 Å². The molecule has 1 aliphatic heterocycles. The van der Waals surface area contributed by atoms with Crippen molar-refractivity contribution >= 4 is 17.7 Å². The van der Waals surface area contributed by atoms with Crippen LogP contribution in [0.5, 0.6) is 11.6 Å². The lowest BCUT2D eigenvalue weighted by Crippen LogP contribution is -2.49. The number of esters is 2. The van der Waals surface area contributed by atoms with Gasteiger partial charge in [-0.25, -0.2) is 4.98 Å². The first-order chi connectivity index (χ1) is 10.3. The fourth-order valence-electron chi connectivity index (χ4n) is 2.00. The number of cyclic esters (lactones) is 2. The third kappa shape index (κ3) is 2.85. The van der Waals surface area contributed by atoms with Crippen LogP contribution in [0, 0.1) is 11.3 Å². The van der Waals surface area contributed by atoms with Gasteiger partial charge in [0.15, 0.2) is 11.7 Å². The molecule has 0 saturated carbocycles. The van der Waals surface area contributed by atoms with Crippen molar-refractivity contribution < 1.29 is 28.5 Å². The van der Waals surface area contributed by atoms with Gasteiger partial charge in [0.05, 0.1) is 19.9 Å². The summed E-state index contributed by atoms with van der Waals surface area (Å²) in [6.07, 6.45) is 1.31. The number of nitrogens with zero attached hydrogens (tertiary/aromatic N) is 1. The number of hydrogen-bond donors (Lipinski definition) is 1. The van der Waals surface area contributed by atoms with Crippen LogP contribution in [0.15, 0.2) is 12.3 Å². The van der Waals surface area contributed by atoms with Crippen molar-refractivity contribution in [3.63, 3.8) is 0 Å². The molecule has 0 aromatic carbocycles. The van der Waals surface area contributed by atoms with Crippen molar-refractivity contribution in [2.75, 3.05) is 14.2 Å². The number of nitrogens with one attached hydrogen (secondary N) is 1. The van der Waals surface area contributed by atoms with Crippen molar-refractivity contribution in [2.24, 2.45) is 5.92 Å². The van der Waals surface area contributed by atoms with Gasteiger partial charge in [0, 0.05) is 25.6 Å². The normalized spacial score (nSPS) is 17.5. The van der Waals surface area contributed by atoms with Crippen LogP contribution in [-0.4, -0.2) is 42.6 Å². The fourth-order valence-corrected chi connectivity index (χ4v) is 2.00.